The number of ether oxygens (including phenoxy) is 1. The minimum absolute atomic E-state index is 0.139. The number of carbonyl (C=O) groups excluding carboxylic acids is 1. The van der Waals surface area contributed by atoms with E-state index in [1.54, 1.807) is 24.7 Å². The van der Waals surface area contributed by atoms with E-state index < -0.39 is 0 Å². The predicted octanol–water partition coefficient (Wildman–Crippen LogP) is 2.51. The molecular weight excluding hydrogens is 312 g/mol. The highest BCUT2D eigenvalue weighted by Gasteiger charge is 2.03. The monoisotopic (exact) mass is 330 g/mol. The Morgan fingerprint density at radius 3 is 2.65 bits per heavy atom. The molecule has 0 fully saturated rings. The topological polar surface area (TPSA) is 76.5 Å². The lowest BCUT2D eigenvalue weighted by atomic mass is 10.2. The summed E-state index contributed by atoms with van der Waals surface area (Å²) in [6.45, 7) is 3.95. The van der Waals surface area contributed by atoms with E-state index in [2.05, 4.69) is 20.5 Å². The van der Waals surface area contributed by atoms with Crippen LogP contribution in [0.1, 0.15) is 19.4 Å². The van der Waals surface area contributed by atoms with Gasteiger partial charge in [-0.05, 0) is 49.7 Å². The zero-order chi connectivity index (χ0) is 16.5. The number of amides is 1. The van der Waals surface area contributed by atoms with E-state index in [0.29, 0.717) is 5.16 Å². The molecule has 1 amide bonds. The molecule has 0 unspecified atom stereocenters. The Labute approximate surface area is 139 Å². The third-order valence-electron chi connectivity index (χ3n) is 2.53. The molecule has 1 aromatic carbocycles. The first-order valence-corrected chi connectivity index (χ1v) is 8.10. The molecule has 7 heteroatoms. The van der Waals surface area contributed by atoms with Crippen molar-refractivity contribution in [2.45, 2.75) is 25.1 Å². The Morgan fingerprint density at radius 2 is 2.00 bits per heavy atom. The lowest BCUT2D eigenvalue weighted by Gasteiger charge is -2.09. The van der Waals surface area contributed by atoms with E-state index in [9.17, 15) is 4.79 Å². The Balaban J connectivity index is 1.76. The largest absolute Gasteiger partial charge is 0.491 e. The predicted molar refractivity (Wildman–Crippen MR) is 90.7 cm³/mol. The summed E-state index contributed by atoms with van der Waals surface area (Å²) in [5, 5.41) is 4.49. The van der Waals surface area contributed by atoms with Crippen LogP contribution in [0.25, 0.3) is 0 Å². The fourth-order valence-corrected chi connectivity index (χ4v) is 2.20. The number of rotatable bonds is 7. The summed E-state index contributed by atoms with van der Waals surface area (Å²) in [6, 6.07) is 9.21. The summed E-state index contributed by atoms with van der Waals surface area (Å²) in [5.41, 5.74) is 3.35. The van der Waals surface area contributed by atoms with Crippen LogP contribution in [0.4, 0.5) is 0 Å². The number of hydrogen-bond acceptors (Lipinski definition) is 6. The maximum absolute atomic E-state index is 11.7. The Kier molecular flexibility index (Phi) is 6.56. The molecule has 0 bridgehead atoms. The molecule has 0 aliphatic heterocycles. The quantitative estimate of drug-likeness (QED) is 0.365. The van der Waals surface area contributed by atoms with E-state index >= 15 is 0 Å². The van der Waals surface area contributed by atoms with Crippen molar-refractivity contribution in [1.29, 1.82) is 0 Å². The second-order valence-corrected chi connectivity index (χ2v) is 5.79. The maximum atomic E-state index is 11.7. The van der Waals surface area contributed by atoms with Crippen molar-refractivity contribution in [1.82, 2.24) is 15.4 Å². The minimum Gasteiger partial charge on any atom is -0.491 e. The zero-order valence-corrected chi connectivity index (χ0v) is 13.8. The number of carbonyl (C=O) groups is 1. The van der Waals surface area contributed by atoms with E-state index in [4.69, 9.17) is 4.74 Å². The SMILES string of the molecule is CC(C)Oc1ccc(C=NNC(=O)CSc2ncccn2)cc1. The first-order chi connectivity index (χ1) is 11.1. The number of hydrogen-bond donors (Lipinski definition) is 1. The Bertz CT molecular complexity index is 645. The van der Waals surface area contributed by atoms with Gasteiger partial charge in [-0.25, -0.2) is 15.4 Å². The molecule has 0 saturated carbocycles. The van der Waals surface area contributed by atoms with Crippen molar-refractivity contribution in [3.8, 4) is 5.75 Å². The van der Waals surface area contributed by atoms with Crippen LogP contribution in [-0.4, -0.2) is 33.9 Å². The third-order valence-corrected chi connectivity index (χ3v) is 3.40. The fourth-order valence-electron chi connectivity index (χ4n) is 1.61. The van der Waals surface area contributed by atoms with Crippen LogP contribution >= 0.6 is 11.8 Å². The van der Waals surface area contributed by atoms with Crippen molar-refractivity contribution in [2.24, 2.45) is 5.10 Å². The van der Waals surface area contributed by atoms with Crippen molar-refractivity contribution in [3.63, 3.8) is 0 Å². The first kappa shape index (κ1) is 17.0. The fraction of sp³-hybridized carbons (Fsp3) is 0.250. The van der Waals surface area contributed by atoms with Crippen LogP contribution in [-0.2, 0) is 4.79 Å². The summed E-state index contributed by atoms with van der Waals surface area (Å²) < 4.78 is 5.56. The van der Waals surface area contributed by atoms with Crippen molar-refractivity contribution >= 4 is 23.9 Å². The maximum Gasteiger partial charge on any atom is 0.250 e. The molecule has 1 aromatic heterocycles. The number of hydrazone groups is 1. The molecule has 1 N–H and O–H groups in total. The molecule has 6 nitrogen and oxygen atoms in total. The van der Waals surface area contributed by atoms with Gasteiger partial charge >= 0.3 is 0 Å². The molecule has 0 saturated heterocycles. The van der Waals surface area contributed by atoms with Gasteiger partial charge in [-0.15, -0.1) is 0 Å². The first-order valence-electron chi connectivity index (χ1n) is 7.12. The summed E-state index contributed by atoms with van der Waals surface area (Å²) >= 11 is 1.26. The summed E-state index contributed by atoms with van der Waals surface area (Å²) in [5.74, 6) is 0.807. The summed E-state index contributed by atoms with van der Waals surface area (Å²) in [6.07, 6.45) is 5.00. The molecule has 0 aliphatic rings. The molecule has 120 valence electrons. The number of aromatic nitrogens is 2. The molecule has 2 rings (SSSR count). The lowest BCUT2D eigenvalue weighted by molar-refractivity contribution is -0.118. The van der Waals surface area contributed by atoms with Gasteiger partial charge in [0.15, 0.2) is 5.16 Å². The highest BCUT2D eigenvalue weighted by atomic mass is 32.2. The van der Waals surface area contributed by atoms with Crippen molar-refractivity contribution < 1.29 is 9.53 Å². The van der Waals surface area contributed by atoms with Crippen LogP contribution in [0.5, 0.6) is 5.75 Å². The average Bonchev–Trinajstić information content (AvgIpc) is 2.55. The van der Waals surface area contributed by atoms with Crippen LogP contribution in [0, 0.1) is 0 Å². The van der Waals surface area contributed by atoms with Gasteiger partial charge in [0, 0.05) is 12.4 Å². The van der Waals surface area contributed by atoms with Gasteiger partial charge in [0.25, 0.3) is 5.91 Å². The molecule has 1 heterocycles. The molecule has 2 aromatic rings. The van der Waals surface area contributed by atoms with Gasteiger partial charge in [0.05, 0.1) is 18.1 Å². The molecule has 23 heavy (non-hydrogen) atoms. The highest BCUT2D eigenvalue weighted by Crippen LogP contribution is 2.13. The number of nitrogens with zero attached hydrogens (tertiary/aromatic N) is 3. The smallest absolute Gasteiger partial charge is 0.250 e. The van der Waals surface area contributed by atoms with Gasteiger partial charge < -0.3 is 4.74 Å². The number of nitrogens with one attached hydrogen (secondary N) is 1. The second kappa shape index (κ2) is 8.89. The van der Waals surface area contributed by atoms with Crippen LogP contribution in [0.2, 0.25) is 0 Å². The van der Waals surface area contributed by atoms with E-state index in [1.807, 2.05) is 38.1 Å². The minimum atomic E-state index is -0.210. The van der Waals surface area contributed by atoms with Gasteiger partial charge in [0.2, 0.25) is 0 Å². The Morgan fingerprint density at radius 1 is 1.30 bits per heavy atom. The number of benzene rings is 1. The van der Waals surface area contributed by atoms with Gasteiger partial charge in [-0.3, -0.25) is 4.79 Å². The summed E-state index contributed by atoms with van der Waals surface area (Å²) in [4.78, 5) is 19.7. The normalized spacial score (nSPS) is 10.9. The van der Waals surface area contributed by atoms with E-state index in [0.717, 1.165) is 11.3 Å². The van der Waals surface area contributed by atoms with Crippen LogP contribution in [0.15, 0.2) is 53.0 Å². The van der Waals surface area contributed by atoms with Gasteiger partial charge in [0.1, 0.15) is 5.75 Å². The van der Waals surface area contributed by atoms with Crippen LogP contribution in [0.3, 0.4) is 0 Å². The lowest BCUT2D eigenvalue weighted by Crippen LogP contribution is -2.19. The Hall–Kier alpha value is -2.41. The average molecular weight is 330 g/mol. The van der Waals surface area contributed by atoms with Crippen LogP contribution < -0.4 is 10.2 Å². The highest BCUT2D eigenvalue weighted by molar-refractivity contribution is 7.99. The molecule has 0 aliphatic carbocycles. The van der Waals surface area contributed by atoms with Crippen molar-refractivity contribution in [2.75, 3.05) is 5.75 Å². The van der Waals surface area contributed by atoms with E-state index in [1.165, 1.54) is 11.8 Å². The van der Waals surface area contributed by atoms with Gasteiger partial charge in [-0.1, -0.05) is 11.8 Å². The standard InChI is InChI=1S/C16H18N4O2S/c1-12(2)22-14-6-4-13(5-7-14)10-19-20-15(21)11-23-16-17-8-3-9-18-16/h3-10,12H,11H2,1-2H3,(H,20,21). The second-order valence-electron chi connectivity index (χ2n) is 4.85. The van der Waals surface area contributed by atoms with Gasteiger partial charge in [-0.2, -0.15) is 5.10 Å². The summed E-state index contributed by atoms with van der Waals surface area (Å²) in [7, 11) is 0. The molecule has 0 atom stereocenters. The van der Waals surface area contributed by atoms with E-state index in [-0.39, 0.29) is 17.8 Å². The molecule has 0 radical (unpaired) electrons. The zero-order valence-electron chi connectivity index (χ0n) is 13.0. The number of thioether (sulfide) groups is 1. The van der Waals surface area contributed by atoms with Crippen molar-refractivity contribution in [3.05, 3.63) is 48.3 Å². The third kappa shape index (κ3) is 6.48. The molecular formula is C16H18N4O2S. The molecule has 0 spiro atoms.